The number of rotatable bonds is 3. The smallest absolute Gasteiger partial charge is 0.410 e. The summed E-state index contributed by atoms with van der Waals surface area (Å²) in [6.07, 6.45) is 1.24. The van der Waals surface area contributed by atoms with E-state index < -0.39 is 5.76 Å². The van der Waals surface area contributed by atoms with Crippen LogP contribution >= 0.6 is 0 Å². The summed E-state index contributed by atoms with van der Waals surface area (Å²) >= 11 is 0. The van der Waals surface area contributed by atoms with E-state index in [9.17, 15) is 10.0 Å². The van der Waals surface area contributed by atoms with E-state index in [4.69, 9.17) is 0 Å². The highest BCUT2D eigenvalue weighted by Crippen LogP contribution is 2.13. The molecule has 0 aliphatic rings. The van der Waals surface area contributed by atoms with Gasteiger partial charge in [0.2, 0.25) is 0 Å². The van der Waals surface area contributed by atoms with Gasteiger partial charge in [0.05, 0.1) is 0 Å². The molecule has 0 amide bonds. The maximum atomic E-state index is 10.7. The lowest BCUT2D eigenvalue weighted by molar-refractivity contribution is 0.155. The molecule has 3 aromatic rings. The van der Waals surface area contributed by atoms with Crippen LogP contribution in [-0.4, -0.2) is 30.5 Å². The predicted octanol–water partition coefficient (Wildman–Crippen LogP) is 0.130. The molecule has 0 radical (unpaired) electrons. The molecule has 0 bridgehead atoms. The lowest BCUT2D eigenvalue weighted by Crippen LogP contribution is -1.99. The summed E-state index contributed by atoms with van der Waals surface area (Å²) in [4.78, 5) is 14.0. The van der Waals surface area contributed by atoms with E-state index in [0.29, 0.717) is 29.7 Å². The minimum Gasteiger partial charge on any atom is -0.410 e. The average molecular weight is 247 g/mol. The second-order valence-electron chi connectivity index (χ2n) is 3.84. The van der Waals surface area contributed by atoms with Gasteiger partial charge in [0.25, 0.3) is 0 Å². The van der Waals surface area contributed by atoms with Crippen LogP contribution < -0.4 is 5.76 Å². The monoisotopic (exact) mass is 247 g/mol. The Labute approximate surface area is 99.8 Å². The van der Waals surface area contributed by atoms with Gasteiger partial charge in [0.15, 0.2) is 5.82 Å². The first-order chi connectivity index (χ1) is 8.72. The first kappa shape index (κ1) is 10.5. The SMILES string of the molecule is O=c1[nH]c(CCc2ccc3c(c2)nnn3O)no1. The van der Waals surface area contributed by atoms with Crippen molar-refractivity contribution in [2.45, 2.75) is 12.8 Å². The van der Waals surface area contributed by atoms with Crippen LogP contribution in [0.2, 0.25) is 0 Å². The zero-order valence-corrected chi connectivity index (χ0v) is 9.20. The summed E-state index contributed by atoms with van der Waals surface area (Å²) in [6.45, 7) is 0. The summed E-state index contributed by atoms with van der Waals surface area (Å²) in [5.41, 5.74) is 2.17. The van der Waals surface area contributed by atoms with Gasteiger partial charge in [-0.15, -0.1) is 5.10 Å². The number of aromatic amines is 1. The number of hydrogen-bond acceptors (Lipinski definition) is 6. The molecule has 0 fully saturated rings. The minimum absolute atomic E-state index is 0.505. The molecular formula is C10H9N5O3. The first-order valence-corrected chi connectivity index (χ1v) is 5.31. The lowest BCUT2D eigenvalue weighted by Gasteiger charge is -1.98. The van der Waals surface area contributed by atoms with Crippen LogP contribution in [0.15, 0.2) is 27.5 Å². The highest BCUT2D eigenvalue weighted by Gasteiger charge is 2.05. The normalized spacial score (nSPS) is 11.1. The number of hydrogen-bond donors (Lipinski definition) is 2. The quantitative estimate of drug-likeness (QED) is 0.636. The topological polar surface area (TPSA) is 110 Å². The molecule has 3 rings (SSSR count). The third-order valence-corrected chi connectivity index (χ3v) is 2.63. The van der Waals surface area contributed by atoms with Crippen molar-refractivity contribution in [2.75, 3.05) is 0 Å². The molecule has 92 valence electrons. The molecule has 1 aromatic carbocycles. The van der Waals surface area contributed by atoms with E-state index >= 15 is 0 Å². The van der Waals surface area contributed by atoms with Gasteiger partial charge in [-0.2, -0.15) is 0 Å². The van der Waals surface area contributed by atoms with Crippen LogP contribution in [0.25, 0.3) is 11.0 Å². The van der Waals surface area contributed by atoms with Crippen molar-refractivity contribution in [2.24, 2.45) is 0 Å². The maximum Gasteiger partial charge on any atom is 0.438 e. The number of aromatic nitrogens is 5. The molecule has 0 aliphatic carbocycles. The third kappa shape index (κ3) is 1.83. The van der Waals surface area contributed by atoms with Crippen molar-refractivity contribution in [1.82, 2.24) is 25.3 Å². The molecule has 0 aliphatic heterocycles. The second kappa shape index (κ2) is 3.99. The summed E-state index contributed by atoms with van der Waals surface area (Å²) < 4.78 is 4.41. The molecular weight excluding hydrogens is 238 g/mol. The van der Waals surface area contributed by atoms with Gasteiger partial charge in [0, 0.05) is 6.42 Å². The Kier molecular flexibility index (Phi) is 2.33. The van der Waals surface area contributed by atoms with Gasteiger partial charge in [-0.1, -0.05) is 16.1 Å². The maximum absolute atomic E-state index is 10.7. The lowest BCUT2D eigenvalue weighted by atomic mass is 10.1. The fourth-order valence-electron chi connectivity index (χ4n) is 1.74. The Balaban J connectivity index is 1.80. The van der Waals surface area contributed by atoms with Gasteiger partial charge in [-0.3, -0.25) is 9.51 Å². The zero-order chi connectivity index (χ0) is 12.5. The standard InChI is InChI=1S/C10H9N5O3/c16-10-11-9(13-18-10)4-2-6-1-3-8-7(5-6)12-14-15(8)17/h1,3,5,17H,2,4H2,(H,11,13,16). The van der Waals surface area contributed by atoms with Gasteiger partial charge in [0.1, 0.15) is 11.0 Å². The number of nitrogens with one attached hydrogen (secondary N) is 1. The van der Waals surface area contributed by atoms with E-state index in [1.807, 2.05) is 12.1 Å². The second-order valence-corrected chi connectivity index (χ2v) is 3.84. The Morgan fingerprint density at radius 2 is 2.28 bits per heavy atom. The first-order valence-electron chi connectivity index (χ1n) is 5.31. The largest absolute Gasteiger partial charge is 0.438 e. The van der Waals surface area contributed by atoms with Crippen molar-refractivity contribution in [3.63, 3.8) is 0 Å². The van der Waals surface area contributed by atoms with E-state index in [2.05, 4.69) is 25.0 Å². The number of aryl methyl sites for hydroxylation is 2. The van der Waals surface area contributed by atoms with E-state index in [1.165, 1.54) is 0 Å². The Hall–Kier alpha value is -2.64. The molecule has 0 saturated heterocycles. The number of fused-ring (bicyclic) bond motifs is 1. The molecule has 8 nitrogen and oxygen atoms in total. The minimum atomic E-state index is -0.552. The van der Waals surface area contributed by atoms with E-state index in [1.54, 1.807) is 6.07 Å². The van der Waals surface area contributed by atoms with Crippen LogP contribution in [0, 0.1) is 0 Å². The van der Waals surface area contributed by atoms with Gasteiger partial charge in [-0.25, -0.2) is 4.79 Å². The highest BCUT2D eigenvalue weighted by atomic mass is 16.5. The third-order valence-electron chi connectivity index (χ3n) is 2.63. The van der Waals surface area contributed by atoms with Gasteiger partial charge >= 0.3 is 5.76 Å². The fourth-order valence-corrected chi connectivity index (χ4v) is 1.74. The summed E-state index contributed by atoms with van der Waals surface area (Å²) in [6, 6.07) is 5.42. The molecule has 8 heteroatoms. The Bertz CT molecular complexity index is 741. The molecule has 2 aromatic heterocycles. The molecule has 2 N–H and O–H groups in total. The van der Waals surface area contributed by atoms with Crippen molar-refractivity contribution >= 4 is 11.0 Å². The van der Waals surface area contributed by atoms with Crippen LogP contribution in [0.4, 0.5) is 0 Å². The van der Waals surface area contributed by atoms with Crippen LogP contribution in [0.1, 0.15) is 11.4 Å². The van der Waals surface area contributed by atoms with Crippen molar-refractivity contribution < 1.29 is 9.73 Å². The molecule has 0 spiro atoms. The van der Waals surface area contributed by atoms with Crippen LogP contribution in [0.5, 0.6) is 0 Å². The highest BCUT2D eigenvalue weighted by molar-refractivity contribution is 5.74. The zero-order valence-electron chi connectivity index (χ0n) is 9.20. The number of nitrogens with zero attached hydrogens (tertiary/aromatic N) is 4. The Morgan fingerprint density at radius 3 is 3.06 bits per heavy atom. The van der Waals surface area contributed by atoms with Crippen LogP contribution in [0.3, 0.4) is 0 Å². The van der Waals surface area contributed by atoms with Crippen molar-refractivity contribution in [1.29, 1.82) is 0 Å². The summed E-state index contributed by atoms with van der Waals surface area (Å²) in [5, 5.41) is 20.2. The molecule has 0 saturated carbocycles. The molecule has 18 heavy (non-hydrogen) atoms. The van der Waals surface area contributed by atoms with E-state index in [0.717, 1.165) is 10.4 Å². The van der Waals surface area contributed by atoms with Gasteiger partial charge in [-0.05, 0) is 29.3 Å². The molecule has 2 heterocycles. The Morgan fingerprint density at radius 1 is 1.39 bits per heavy atom. The average Bonchev–Trinajstić information content (AvgIpc) is 2.94. The number of benzene rings is 1. The number of H-pyrrole nitrogens is 1. The fraction of sp³-hybridized carbons (Fsp3) is 0.200. The van der Waals surface area contributed by atoms with Crippen molar-refractivity contribution in [3.8, 4) is 0 Å². The molecule has 0 atom stereocenters. The van der Waals surface area contributed by atoms with E-state index in [-0.39, 0.29) is 0 Å². The van der Waals surface area contributed by atoms with Crippen molar-refractivity contribution in [3.05, 3.63) is 40.1 Å². The summed E-state index contributed by atoms with van der Waals surface area (Å²) in [5.74, 6) is -0.0467. The van der Waals surface area contributed by atoms with Gasteiger partial charge < -0.3 is 5.21 Å². The predicted molar refractivity (Wildman–Crippen MR) is 59.2 cm³/mol. The summed E-state index contributed by atoms with van der Waals surface area (Å²) in [7, 11) is 0. The van der Waals surface area contributed by atoms with Crippen LogP contribution in [-0.2, 0) is 12.8 Å². The molecule has 0 unspecified atom stereocenters.